The minimum absolute atomic E-state index is 0.440. The van der Waals surface area contributed by atoms with Gasteiger partial charge in [0.1, 0.15) is 0 Å². The predicted octanol–water partition coefficient (Wildman–Crippen LogP) is 13.1. The van der Waals surface area contributed by atoms with Crippen molar-refractivity contribution in [1.29, 1.82) is 5.26 Å². The molecule has 6 nitrogen and oxygen atoms in total. The fraction of sp³-hybridized carbons (Fsp3) is 0. The van der Waals surface area contributed by atoms with Crippen LogP contribution in [0.15, 0.2) is 255 Å². The van der Waals surface area contributed by atoms with E-state index in [2.05, 4.69) is 191 Å². The molecule has 12 rings (SSSR count). The molecule has 72 heavy (non-hydrogen) atoms. The standard InChI is InChI=1S/C65H42N6Si/c1-67-59-40-45(44-66)34-37-55(59)49-36-39-61-58(42-49)57-32-17-18-33-60(57)71(61)62-43-50(65-69-63(46-20-7-2-8-21-46)68-64(70-65)47-22-9-3-10-23-47)35-38-56(62)48-24-19-31-54(41-48)72(51-25-11-4-12-26-51,52-27-13-5-14-28-52)53-29-15-6-16-30-53/h2-43H. The first-order valence-electron chi connectivity index (χ1n) is 23.8. The van der Waals surface area contributed by atoms with Crippen molar-refractivity contribution in [3.8, 4) is 68.2 Å². The Morgan fingerprint density at radius 2 is 0.861 bits per heavy atom. The van der Waals surface area contributed by atoms with Crippen molar-refractivity contribution in [1.82, 2.24) is 19.5 Å². The molecule has 0 bridgehead atoms. The van der Waals surface area contributed by atoms with Crippen molar-refractivity contribution < 1.29 is 0 Å². The second-order valence-corrected chi connectivity index (χ2v) is 21.5. The Bertz CT molecular complexity index is 3900. The zero-order valence-electron chi connectivity index (χ0n) is 38.9. The van der Waals surface area contributed by atoms with E-state index in [-0.39, 0.29) is 0 Å². The Labute approximate surface area is 418 Å². The highest BCUT2D eigenvalue weighted by Crippen LogP contribution is 2.41. The molecule has 7 heteroatoms. The topological polar surface area (TPSA) is 71.8 Å². The first-order chi connectivity index (χ1) is 35.6. The molecule has 10 aromatic carbocycles. The molecule has 336 valence electrons. The molecule has 0 amide bonds. The molecule has 0 saturated heterocycles. The van der Waals surface area contributed by atoms with Gasteiger partial charge in [-0.2, -0.15) is 5.26 Å². The van der Waals surface area contributed by atoms with Gasteiger partial charge in [-0.25, -0.2) is 19.8 Å². The van der Waals surface area contributed by atoms with E-state index in [1.165, 1.54) is 20.7 Å². The molecule has 0 unspecified atom stereocenters. The molecule has 0 aliphatic heterocycles. The van der Waals surface area contributed by atoms with Gasteiger partial charge in [-0.3, -0.25) is 0 Å². The smallest absolute Gasteiger partial charge is 0.196 e. The number of fused-ring (bicyclic) bond motifs is 3. The molecule has 0 atom stereocenters. The summed E-state index contributed by atoms with van der Waals surface area (Å²) in [5.74, 6) is 1.74. The number of benzene rings is 10. The van der Waals surface area contributed by atoms with Crippen molar-refractivity contribution in [2.24, 2.45) is 0 Å². The van der Waals surface area contributed by atoms with E-state index < -0.39 is 8.07 Å². The molecular formula is C65H42N6Si. The summed E-state index contributed by atoms with van der Waals surface area (Å²) >= 11 is 0. The van der Waals surface area contributed by atoms with Gasteiger partial charge in [0.25, 0.3) is 0 Å². The molecule has 0 aliphatic rings. The SMILES string of the molecule is [C-]#[N+]c1cc(C#N)ccc1-c1ccc2c(c1)c1ccccc1n2-c1cc(-c2nc(-c3ccccc3)nc(-c3ccccc3)n2)ccc1-c1cccc([Si](c2ccccc2)(c2ccccc2)c2ccccc2)c1. The number of para-hydroxylation sites is 1. The van der Waals surface area contributed by atoms with Crippen LogP contribution in [0, 0.1) is 17.9 Å². The average molecular weight is 935 g/mol. The van der Waals surface area contributed by atoms with Crippen LogP contribution in [0.25, 0.3) is 88.8 Å². The maximum Gasteiger partial charge on any atom is 0.196 e. The highest BCUT2D eigenvalue weighted by molar-refractivity contribution is 7.19. The Morgan fingerprint density at radius 1 is 0.389 bits per heavy atom. The first-order valence-corrected chi connectivity index (χ1v) is 25.8. The molecule has 2 heterocycles. The molecule has 12 aromatic rings. The Morgan fingerprint density at radius 3 is 1.44 bits per heavy atom. The Balaban J connectivity index is 1.14. The van der Waals surface area contributed by atoms with E-state index in [0.29, 0.717) is 28.7 Å². The van der Waals surface area contributed by atoms with Crippen molar-refractivity contribution >= 4 is 56.3 Å². The third kappa shape index (κ3) is 7.64. The summed E-state index contributed by atoms with van der Waals surface area (Å²) in [4.78, 5) is 19.3. The lowest BCUT2D eigenvalue weighted by Gasteiger charge is -2.34. The normalized spacial score (nSPS) is 11.3. The van der Waals surface area contributed by atoms with Crippen molar-refractivity contribution in [3.63, 3.8) is 0 Å². The van der Waals surface area contributed by atoms with Crippen LogP contribution in [-0.4, -0.2) is 27.6 Å². The summed E-state index contributed by atoms with van der Waals surface area (Å²) in [6, 6.07) is 91.4. The van der Waals surface area contributed by atoms with E-state index in [1.54, 1.807) is 12.1 Å². The zero-order valence-corrected chi connectivity index (χ0v) is 39.9. The molecule has 0 aliphatic carbocycles. The van der Waals surface area contributed by atoms with Gasteiger partial charge in [0.05, 0.1) is 29.4 Å². The molecule has 0 radical (unpaired) electrons. The van der Waals surface area contributed by atoms with Gasteiger partial charge in [-0.1, -0.05) is 218 Å². The van der Waals surface area contributed by atoms with Gasteiger partial charge in [0, 0.05) is 38.6 Å². The zero-order chi connectivity index (χ0) is 48.4. The average Bonchev–Trinajstić information content (AvgIpc) is 3.80. The highest BCUT2D eigenvalue weighted by Gasteiger charge is 2.41. The summed E-state index contributed by atoms with van der Waals surface area (Å²) in [7, 11) is -2.90. The fourth-order valence-electron chi connectivity index (χ4n) is 10.4. The van der Waals surface area contributed by atoms with Gasteiger partial charge in [-0.05, 0) is 73.8 Å². The van der Waals surface area contributed by atoms with Crippen molar-refractivity contribution in [2.45, 2.75) is 0 Å². The van der Waals surface area contributed by atoms with Crippen LogP contribution in [0.1, 0.15) is 5.56 Å². The van der Waals surface area contributed by atoms with E-state index in [4.69, 9.17) is 21.5 Å². The minimum atomic E-state index is -2.90. The number of nitrogens with zero attached hydrogens (tertiary/aromatic N) is 6. The van der Waals surface area contributed by atoms with Crippen LogP contribution in [-0.2, 0) is 0 Å². The summed E-state index contributed by atoms with van der Waals surface area (Å²) in [5.41, 5.74) is 10.3. The lowest BCUT2D eigenvalue weighted by atomic mass is 9.99. The molecule has 0 saturated carbocycles. The monoisotopic (exact) mass is 934 g/mol. The van der Waals surface area contributed by atoms with E-state index in [0.717, 1.165) is 66.4 Å². The summed E-state index contributed by atoms with van der Waals surface area (Å²) in [6.07, 6.45) is 0. The van der Waals surface area contributed by atoms with E-state index in [9.17, 15) is 5.26 Å². The minimum Gasteiger partial charge on any atom is -0.309 e. The number of hydrogen-bond acceptors (Lipinski definition) is 4. The molecular weight excluding hydrogens is 893 g/mol. The van der Waals surface area contributed by atoms with Crippen LogP contribution in [0.4, 0.5) is 5.69 Å². The fourth-order valence-corrected chi connectivity index (χ4v) is 15.2. The second-order valence-electron chi connectivity index (χ2n) is 17.7. The number of hydrogen-bond donors (Lipinski definition) is 0. The predicted molar refractivity (Wildman–Crippen MR) is 296 cm³/mol. The van der Waals surface area contributed by atoms with Gasteiger partial charge >= 0.3 is 0 Å². The number of rotatable bonds is 10. The van der Waals surface area contributed by atoms with Gasteiger partial charge in [0.15, 0.2) is 31.2 Å². The number of aromatic nitrogens is 4. The largest absolute Gasteiger partial charge is 0.309 e. The third-order valence-electron chi connectivity index (χ3n) is 13.7. The van der Waals surface area contributed by atoms with Crippen LogP contribution >= 0.6 is 0 Å². The van der Waals surface area contributed by atoms with E-state index >= 15 is 0 Å². The Hall–Kier alpha value is -9.79. The van der Waals surface area contributed by atoms with Crippen molar-refractivity contribution in [3.05, 3.63) is 272 Å². The van der Waals surface area contributed by atoms with Gasteiger partial charge < -0.3 is 4.57 Å². The molecule has 0 N–H and O–H groups in total. The lowest BCUT2D eigenvalue weighted by molar-refractivity contribution is 1.07. The summed E-state index contributed by atoms with van der Waals surface area (Å²) in [5, 5.41) is 16.9. The van der Waals surface area contributed by atoms with Gasteiger partial charge in [-0.15, -0.1) is 0 Å². The quantitative estimate of drug-likeness (QED) is 0.0778. The van der Waals surface area contributed by atoms with Crippen LogP contribution in [0.5, 0.6) is 0 Å². The van der Waals surface area contributed by atoms with Crippen LogP contribution in [0.3, 0.4) is 0 Å². The summed E-state index contributed by atoms with van der Waals surface area (Å²) < 4.78 is 2.36. The lowest BCUT2D eigenvalue weighted by Crippen LogP contribution is -2.74. The maximum atomic E-state index is 9.67. The van der Waals surface area contributed by atoms with Crippen LogP contribution in [0.2, 0.25) is 0 Å². The van der Waals surface area contributed by atoms with Crippen LogP contribution < -0.4 is 20.7 Å². The number of nitriles is 1. The maximum absolute atomic E-state index is 9.67. The van der Waals surface area contributed by atoms with Crippen molar-refractivity contribution in [2.75, 3.05) is 0 Å². The molecule has 0 spiro atoms. The Kier molecular flexibility index (Phi) is 11.2. The third-order valence-corrected chi connectivity index (χ3v) is 18.4. The van der Waals surface area contributed by atoms with Gasteiger partial charge in [0.2, 0.25) is 0 Å². The summed E-state index contributed by atoms with van der Waals surface area (Å²) in [6.45, 7) is 8.04. The highest BCUT2D eigenvalue weighted by atomic mass is 28.3. The molecule has 2 aromatic heterocycles. The first kappa shape index (κ1) is 43.5. The second kappa shape index (κ2) is 18.6. The van der Waals surface area contributed by atoms with E-state index in [1.807, 2.05) is 66.7 Å². The molecule has 0 fully saturated rings.